The lowest BCUT2D eigenvalue weighted by atomic mass is 10.1. The molecular weight excluding hydrogens is 392 g/mol. The van der Waals surface area contributed by atoms with E-state index < -0.39 is 10.0 Å². The Labute approximate surface area is 171 Å². The van der Waals surface area contributed by atoms with Crippen LogP contribution in [0.5, 0.6) is 11.5 Å². The lowest BCUT2D eigenvalue weighted by molar-refractivity contribution is -0.121. The molecule has 3 rings (SSSR count). The second kappa shape index (κ2) is 9.28. The van der Waals surface area contributed by atoms with Crippen molar-refractivity contribution in [3.05, 3.63) is 54.1 Å². The van der Waals surface area contributed by atoms with Crippen molar-refractivity contribution >= 4 is 15.9 Å². The van der Waals surface area contributed by atoms with Crippen LogP contribution in [0.3, 0.4) is 0 Å². The molecule has 156 valence electrons. The predicted molar refractivity (Wildman–Crippen MR) is 109 cm³/mol. The van der Waals surface area contributed by atoms with Gasteiger partial charge in [0.1, 0.15) is 13.2 Å². The van der Waals surface area contributed by atoms with Crippen LogP contribution in [0.1, 0.15) is 31.4 Å². The molecule has 1 aliphatic rings. The molecule has 1 N–H and O–H groups in total. The van der Waals surface area contributed by atoms with E-state index in [1.54, 1.807) is 30.3 Å². The van der Waals surface area contributed by atoms with Crippen molar-refractivity contribution in [1.29, 1.82) is 0 Å². The highest BCUT2D eigenvalue weighted by atomic mass is 32.2. The van der Waals surface area contributed by atoms with Crippen molar-refractivity contribution in [2.45, 2.75) is 30.7 Å². The summed E-state index contributed by atoms with van der Waals surface area (Å²) in [5, 5.41) is 2.94. The summed E-state index contributed by atoms with van der Waals surface area (Å²) < 4.78 is 37.3. The van der Waals surface area contributed by atoms with Crippen molar-refractivity contribution in [2.24, 2.45) is 0 Å². The average Bonchev–Trinajstić information content (AvgIpc) is 2.73. The van der Waals surface area contributed by atoms with Crippen molar-refractivity contribution in [1.82, 2.24) is 9.62 Å². The van der Waals surface area contributed by atoms with Gasteiger partial charge in [-0.3, -0.25) is 4.79 Å². The van der Waals surface area contributed by atoms with E-state index in [-0.39, 0.29) is 29.8 Å². The summed E-state index contributed by atoms with van der Waals surface area (Å²) in [6.07, 6.45) is 0.672. The Hall–Kier alpha value is -2.58. The Balaban J connectivity index is 1.48. The molecule has 0 saturated carbocycles. The minimum Gasteiger partial charge on any atom is -0.486 e. The number of sulfonamides is 1. The number of fused-ring (bicyclic) bond motifs is 1. The van der Waals surface area contributed by atoms with Crippen LogP contribution in [-0.4, -0.2) is 45.4 Å². The van der Waals surface area contributed by atoms with Crippen LogP contribution < -0.4 is 14.8 Å². The third-order valence-corrected chi connectivity index (χ3v) is 6.64. The summed E-state index contributed by atoms with van der Waals surface area (Å²) in [6, 6.07) is 13.7. The van der Waals surface area contributed by atoms with E-state index in [1.807, 2.05) is 25.1 Å². The van der Waals surface area contributed by atoms with Gasteiger partial charge >= 0.3 is 0 Å². The fourth-order valence-corrected chi connectivity index (χ4v) is 4.31. The first kappa shape index (κ1) is 21.1. The zero-order chi connectivity index (χ0) is 20.9. The van der Waals surface area contributed by atoms with Gasteiger partial charge in [0.25, 0.3) is 0 Å². The van der Waals surface area contributed by atoms with E-state index in [0.29, 0.717) is 31.1 Å². The maximum atomic E-state index is 12.5. The van der Waals surface area contributed by atoms with Crippen molar-refractivity contribution in [3.63, 3.8) is 0 Å². The summed E-state index contributed by atoms with van der Waals surface area (Å²) in [4.78, 5) is 12.5. The van der Waals surface area contributed by atoms with Gasteiger partial charge in [0, 0.05) is 20.0 Å². The van der Waals surface area contributed by atoms with Gasteiger partial charge < -0.3 is 14.8 Å². The summed E-state index contributed by atoms with van der Waals surface area (Å²) in [5.41, 5.74) is 0.923. The second-order valence-electron chi connectivity index (χ2n) is 6.94. The van der Waals surface area contributed by atoms with E-state index in [1.165, 1.54) is 11.4 Å². The first-order chi connectivity index (χ1) is 13.9. The molecule has 1 aliphatic heterocycles. The number of ether oxygens (including phenoxy) is 2. The predicted octanol–water partition coefficient (Wildman–Crippen LogP) is 2.74. The SMILES string of the molecule is C[C@@H](NC(=O)CCCN(C)S(=O)(=O)c1ccccc1)c1ccc2c(c1)OCCO2. The van der Waals surface area contributed by atoms with Crippen LogP contribution in [0.2, 0.25) is 0 Å². The Morgan fingerprint density at radius 3 is 2.52 bits per heavy atom. The monoisotopic (exact) mass is 418 g/mol. The van der Waals surface area contributed by atoms with Gasteiger partial charge in [-0.1, -0.05) is 24.3 Å². The van der Waals surface area contributed by atoms with Crippen LogP contribution in [0.25, 0.3) is 0 Å². The first-order valence-electron chi connectivity index (χ1n) is 9.58. The maximum Gasteiger partial charge on any atom is 0.242 e. The standard InChI is InChI=1S/C21H26N2O5S/c1-16(17-10-11-19-20(15-17)28-14-13-27-19)22-21(24)9-6-12-23(2)29(25,26)18-7-4-3-5-8-18/h3-5,7-8,10-11,15-16H,6,9,12-14H2,1-2H3,(H,22,24)/t16-/m1/s1. The van der Waals surface area contributed by atoms with E-state index in [9.17, 15) is 13.2 Å². The smallest absolute Gasteiger partial charge is 0.242 e. The van der Waals surface area contributed by atoms with Crippen molar-refractivity contribution < 1.29 is 22.7 Å². The number of hydrogen-bond donors (Lipinski definition) is 1. The minimum atomic E-state index is -3.54. The molecule has 0 fully saturated rings. The molecule has 2 aromatic rings. The number of nitrogens with one attached hydrogen (secondary N) is 1. The number of rotatable bonds is 8. The number of hydrogen-bond acceptors (Lipinski definition) is 5. The Bertz CT molecular complexity index is 947. The lowest BCUT2D eigenvalue weighted by Gasteiger charge is -2.21. The van der Waals surface area contributed by atoms with Gasteiger partial charge in [0.05, 0.1) is 10.9 Å². The molecule has 1 heterocycles. The molecule has 8 heteroatoms. The van der Waals surface area contributed by atoms with Gasteiger partial charge in [-0.05, 0) is 43.2 Å². The summed E-state index contributed by atoms with van der Waals surface area (Å²) in [7, 11) is -2.01. The van der Waals surface area contributed by atoms with Gasteiger partial charge in [-0.15, -0.1) is 0 Å². The number of amides is 1. The fraction of sp³-hybridized carbons (Fsp3) is 0.381. The van der Waals surface area contributed by atoms with E-state index >= 15 is 0 Å². The molecule has 1 atom stereocenters. The summed E-state index contributed by atoms with van der Waals surface area (Å²) >= 11 is 0. The largest absolute Gasteiger partial charge is 0.486 e. The van der Waals surface area contributed by atoms with Crippen LogP contribution in [-0.2, 0) is 14.8 Å². The Kier molecular flexibility index (Phi) is 6.76. The van der Waals surface area contributed by atoms with Crippen molar-refractivity contribution in [3.8, 4) is 11.5 Å². The van der Waals surface area contributed by atoms with Gasteiger partial charge in [-0.2, -0.15) is 0 Å². The molecule has 29 heavy (non-hydrogen) atoms. The van der Waals surface area contributed by atoms with E-state index in [0.717, 1.165) is 5.56 Å². The number of carbonyl (C=O) groups excluding carboxylic acids is 1. The zero-order valence-corrected chi connectivity index (χ0v) is 17.4. The molecule has 0 aromatic heterocycles. The molecule has 0 unspecified atom stereocenters. The number of carbonyl (C=O) groups is 1. The molecule has 0 aliphatic carbocycles. The number of benzene rings is 2. The third-order valence-electron chi connectivity index (χ3n) is 4.77. The van der Waals surface area contributed by atoms with E-state index in [2.05, 4.69) is 5.32 Å². The highest BCUT2D eigenvalue weighted by Crippen LogP contribution is 2.32. The summed E-state index contributed by atoms with van der Waals surface area (Å²) in [5.74, 6) is 1.27. The molecule has 0 spiro atoms. The number of nitrogens with zero attached hydrogens (tertiary/aromatic N) is 1. The lowest BCUT2D eigenvalue weighted by Crippen LogP contribution is -2.30. The first-order valence-corrected chi connectivity index (χ1v) is 11.0. The molecule has 2 aromatic carbocycles. The zero-order valence-electron chi connectivity index (χ0n) is 16.6. The second-order valence-corrected chi connectivity index (χ2v) is 8.98. The van der Waals surface area contributed by atoms with Gasteiger partial charge in [-0.25, -0.2) is 12.7 Å². The minimum absolute atomic E-state index is 0.127. The van der Waals surface area contributed by atoms with Crippen LogP contribution in [0, 0.1) is 0 Å². The molecule has 7 nitrogen and oxygen atoms in total. The Morgan fingerprint density at radius 1 is 1.10 bits per heavy atom. The Morgan fingerprint density at radius 2 is 1.79 bits per heavy atom. The van der Waals surface area contributed by atoms with E-state index in [4.69, 9.17) is 9.47 Å². The molecular formula is C21H26N2O5S. The van der Waals surface area contributed by atoms with Gasteiger partial charge in [0.15, 0.2) is 11.5 Å². The molecule has 0 bridgehead atoms. The quantitative estimate of drug-likeness (QED) is 0.713. The summed E-state index contributed by atoms with van der Waals surface area (Å²) in [6.45, 7) is 3.21. The third kappa shape index (κ3) is 5.27. The normalized spacial score (nSPS) is 14.4. The molecule has 0 radical (unpaired) electrons. The molecule has 0 saturated heterocycles. The highest BCUT2D eigenvalue weighted by Gasteiger charge is 2.20. The highest BCUT2D eigenvalue weighted by molar-refractivity contribution is 7.89. The van der Waals surface area contributed by atoms with Crippen LogP contribution in [0.15, 0.2) is 53.4 Å². The topological polar surface area (TPSA) is 84.9 Å². The van der Waals surface area contributed by atoms with Crippen LogP contribution in [0.4, 0.5) is 0 Å². The average molecular weight is 419 g/mol. The van der Waals surface area contributed by atoms with Crippen LogP contribution >= 0.6 is 0 Å². The van der Waals surface area contributed by atoms with Gasteiger partial charge in [0.2, 0.25) is 15.9 Å². The maximum absolute atomic E-state index is 12.5. The van der Waals surface area contributed by atoms with Crippen molar-refractivity contribution in [2.75, 3.05) is 26.8 Å². The molecule has 1 amide bonds. The fourth-order valence-electron chi connectivity index (χ4n) is 3.08.